The number of aliphatic imine (C=N–C) groups is 1. The highest BCUT2D eigenvalue weighted by molar-refractivity contribution is 6.22. The Morgan fingerprint density at radius 2 is 2.00 bits per heavy atom. The third-order valence-corrected chi connectivity index (χ3v) is 4.85. The number of hydrogen-bond acceptors (Lipinski definition) is 6. The van der Waals surface area contributed by atoms with Crippen LogP contribution in [0.2, 0.25) is 0 Å². The highest BCUT2D eigenvalue weighted by atomic mass is 16.2. The number of nitrogens with two attached hydrogens (primary N) is 1. The van der Waals surface area contributed by atoms with Crippen LogP contribution in [0.1, 0.15) is 18.5 Å². The van der Waals surface area contributed by atoms with Gasteiger partial charge in [-0.2, -0.15) is 0 Å². The van der Waals surface area contributed by atoms with Gasteiger partial charge in [-0.1, -0.05) is 0 Å². The Kier molecular flexibility index (Phi) is 4.58. The van der Waals surface area contributed by atoms with E-state index in [-0.39, 0.29) is 5.91 Å². The number of aromatic nitrogens is 2. The first-order valence-electron chi connectivity index (χ1n) is 9.10. The predicted molar refractivity (Wildman–Crippen MR) is 106 cm³/mol. The molecule has 0 saturated carbocycles. The Morgan fingerprint density at radius 3 is 2.70 bits per heavy atom. The maximum Gasteiger partial charge on any atom is 0.262 e. The second-order valence-electron chi connectivity index (χ2n) is 6.81. The second kappa shape index (κ2) is 7.19. The van der Waals surface area contributed by atoms with E-state index in [0.29, 0.717) is 23.5 Å². The topological polar surface area (TPSA) is 87.7 Å². The minimum atomic E-state index is -0.150. The van der Waals surface area contributed by atoms with Gasteiger partial charge in [-0.15, -0.1) is 0 Å². The van der Waals surface area contributed by atoms with E-state index >= 15 is 0 Å². The van der Waals surface area contributed by atoms with E-state index in [0.717, 1.165) is 30.3 Å². The van der Waals surface area contributed by atoms with Crippen molar-refractivity contribution in [3.8, 4) is 0 Å². The molecule has 2 aromatic rings. The molecule has 0 spiro atoms. The van der Waals surface area contributed by atoms with Gasteiger partial charge in [0, 0.05) is 42.6 Å². The van der Waals surface area contributed by atoms with Crippen molar-refractivity contribution in [2.75, 3.05) is 29.4 Å². The SMILES string of the molecule is Cc1cc(N2CC(N)=C(C=Nc3ccc(N4CCCC4)nc3)C2=O)ccn1. The van der Waals surface area contributed by atoms with Gasteiger partial charge in [0.1, 0.15) is 5.82 Å². The maximum atomic E-state index is 12.7. The smallest absolute Gasteiger partial charge is 0.262 e. The van der Waals surface area contributed by atoms with Gasteiger partial charge >= 0.3 is 0 Å². The van der Waals surface area contributed by atoms with Crippen LogP contribution in [0.4, 0.5) is 17.2 Å². The fraction of sp³-hybridized carbons (Fsp3) is 0.300. The molecule has 2 aliphatic rings. The molecule has 2 aromatic heterocycles. The van der Waals surface area contributed by atoms with E-state index in [1.165, 1.54) is 19.1 Å². The lowest BCUT2D eigenvalue weighted by Crippen LogP contribution is -2.27. The Balaban J connectivity index is 1.48. The fourth-order valence-electron chi connectivity index (χ4n) is 3.38. The van der Waals surface area contributed by atoms with E-state index in [1.54, 1.807) is 23.4 Å². The predicted octanol–water partition coefficient (Wildman–Crippen LogP) is 2.35. The van der Waals surface area contributed by atoms with Crippen LogP contribution in [0, 0.1) is 6.92 Å². The molecule has 0 radical (unpaired) electrons. The summed E-state index contributed by atoms with van der Waals surface area (Å²) < 4.78 is 0. The number of carbonyl (C=O) groups is 1. The first-order chi connectivity index (χ1) is 13.1. The Morgan fingerprint density at radius 1 is 1.19 bits per heavy atom. The summed E-state index contributed by atoms with van der Waals surface area (Å²) in [5, 5.41) is 0. The number of hydrogen-bond donors (Lipinski definition) is 1. The first kappa shape index (κ1) is 17.2. The molecule has 2 N–H and O–H groups in total. The molecule has 1 saturated heterocycles. The minimum Gasteiger partial charge on any atom is -0.400 e. The summed E-state index contributed by atoms with van der Waals surface area (Å²) in [4.78, 5) is 29.7. The number of aryl methyl sites for hydroxylation is 1. The number of rotatable bonds is 4. The van der Waals surface area contributed by atoms with Gasteiger partial charge in [0.2, 0.25) is 0 Å². The highest BCUT2D eigenvalue weighted by Gasteiger charge is 2.29. The minimum absolute atomic E-state index is 0.150. The molecule has 1 amide bonds. The van der Waals surface area contributed by atoms with Gasteiger partial charge < -0.3 is 15.5 Å². The summed E-state index contributed by atoms with van der Waals surface area (Å²) in [6, 6.07) is 7.56. The normalized spacial score (nSPS) is 17.6. The lowest BCUT2D eigenvalue weighted by Gasteiger charge is -2.16. The van der Waals surface area contributed by atoms with Crippen LogP contribution in [-0.4, -0.2) is 41.7 Å². The van der Waals surface area contributed by atoms with Gasteiger partial charge in [0.25, 0.3) is 5.91 Å². The molecule has 4 rings (SSSR count). The van der Waals surface area contributed by atoms with Gasteiger partial charge in [-0.3, -0.25) is 14.8 Å². The van der Waals surface area contributed by atoms with Crippen molar-refractivity contribution < 1.29 is 4.79 Å². The van der Waals surface area contributed by atoms with E-state index in [2.05, 4.69) is 19.9 Å². The quantitative estimate of drug-likeness (QED) is 0.844. The van der Waals surface area contributed by atoms with Crippen molar-refractivity contribution in [2.45, 2.75) is 19.8 Å². The molecular formula is C20H22N6O. The third kappa shape index (κ3) is 3.53. The van der Waals surface area contributed by atoms with Gasteiger partial charge in [-0.05, 0) is 44.0 Å². The molecule has 0 unspecified atom stereocenters. The largest absolute Gasteiger partial charge is 0.400 e. The van der Waals surface area contributed by atoms with Crippen molar-refractivity contribution in [2.24, 2.45) is 10.7 Å². The number of carbonyl (C=O) groups excluding carboxylic acids is 1. The summed E-state index contributed by atoms with van der Waals surface area (Å²) >= 11 is 0. The van der Waals surface area contributed by atoms with Crippen molar-refractivity contribution in [1.29, 1.82) is 0 Å². The van der Waals surface area contributed by atoms with Crippen LogP contribution in [0.15, 0.2) is 52.9 Å². The lowest BCUT2D eigenvalue weighted by atomic mass is 10.2. The summed E-state index contributed by atoms with van der Waals surface area (Å²) in [7, 11) is 0. The molecule has 0 aromatic carbocycles. The number of anilines is 2. The molecule has 0 bridgehead atoms. The zero-order valence-electron chi connectivity index (χ0n) is 15.3. The summed E-state index contributed by atoms with van der Waals surface area (Å²) in [6.07, 6.45) is 7.38. The summed E-state index contributed by atoms with van der Waals surface area (Å²) in [5.74, 6) is 0.824. The molecule has 4 heterocycles. The molecule has 0 aliphatic carbocycles. The van der Waals surface area contributed by atoms with Gasteiger partial charge in [0.05, 0.1) is 24.0 Å². The van der Waals surface area contributed by atoms with Crippen LogP contribution in [-0.2, 0) is 4.79 Å². The average molecular weight is 362 g/mol. The monoisotopic (exact) mass is 362 g/mol. The number of nitrogens with zero attached hydrogens (tertiary/aromatic N) is 5. The van der Waals surface area contributed by atoms with E-state index in [1.807, 2.05) is 25.1 Å². The van der Waals surface area contributed by atoms with Crippen molar-refractivity contribution in [1.82, 2.24) is 9.97 Å². The van der Waals surface area contributed by atoms with E-state index in [4.69, 9.17) is 5.73 Å². The van der Waals surface area contributed by atoms with Crippen LogP contribution in [0.3, 0.4) is 0 Å². The Bertz CT molecular complexity index is 912. The van der Waals surface area contributed by atoms with Crippen molar-refractivity contribution in [3.05, 3.63) is 53.6 Å². The van der Waals surface area contributed by atoms with E-state index in [9.17, 15) is 4.79 Å². The highest BCUT2D eigenvalue weighted by Crippen LogP contribution is 2.24. The fourth-order valence-corrected chi connectivity index (χ4v) is 3.38. The van der Waals surface area contributed by atoms with Crippen molar-refractivity contribution >= 4 is 29.3 Å². The summed E-state index contributed by atoms with van der Waals surface area (Å²) in [6.45, 7) is 4.35. The van der Waals surface area contributed by atoms with Gasteiger partial charge in [-0.25, -0.2) is 4.98 Å². The molecule has 7 heteroatoms. The standard InChI is InChI=1S/C20H22N6O/c1-14-10-16(6-7-22-14)26-13-18(21)17(20(26)27)12-23-15-4-5-19(24-11-15)25-8-2-3-9-25/h4-7,10-12H,2-3,8-9,13,21H2,1H3. The van der Waals surface area contributed by atoms with Crippen LogP contribution < -0.4 is 15.5 Å². The zero-order chi connectivity index (χ0) is 18.8. The zero-order valence-corrected chi connectivity index (χ0v) is 15.3. The first-order valence-corrected chi connectivity index (χ1v) is 9.10. The maximum absolute atomic E-state index is 12.7. The molecular weight excluding hydrogens is 340 g/mol. The third-order valence-electron chi connectivity index (χ3n) is 4.85. The van der Waals surface area contributed by atoms with Crippen molar-refractivity contribution in [3.63, 3.8) is 0 Å². The van der Waals surface area contributed by atoms with E-state index < -0.39 is 0 Å². The molecule has 1 fully saturated rings. The van der Waals surface area contributed by atoms with Gasteiger partial charge in [0.15, 0.2) is 0 Å². The number of amides is 1. The molecule has 27 heavy (non-hydrogen) atoms. The average Bonchev–Trinajstić information content (AvgIpc) is 3.30. The summed E-state index contributed by atoms with van der Waals surface area (Å²) in [5.41, 5.74) is 9.37. The Labute approximate surface area is 158 Å². The van der Waals surface area contributed by atoms with Crippen LogP contribution >= 0.6 is 0 Å². The lowest BCUT2D eigenvalue weighted by molar-refractivity contribution is -0.114. The number of pyridine rings is 2. The van der Waals surface area contributed by atoms with Crippen LogP contribution in [0.25, 0.3) is 0 Å². The Hall–Kier alpha value is -3.22. The second-order valence-corrected chi connectivity index (χ2v) is 6.81. The van der Waals surface area contributed by atoms with Crippen LogP contribution in [0.5, 0.6) is 0 Å². The molecule has 138 valence electrons. The molecule has 7 nitrogen and oxygen atoms in total. The molecule has 0 atom stereocenters. The molecule has 2 aliphatic heterocycles.